The first kappa shape index (κ1) is 13.8. The molecule has 1 N–H and O–H groups in total. The van der Waals surface area contributed by atoms with Crippen molar-refractivity contribution in [3.05, 3.63) is 57.3 Å². The summed E-state index contributed by atoms with van der Waals surface area (Å²) in [5, 5.41) is 2.97. The molecular formula is C16H19NOS. The highest BCUT2D eigenvalue weighted by Gasteiger charge is 2.11. The van der Waals surface area contributed by atoms with Gasteiger partial charge in [-0.05, 0) is 30.5 Å². The van der Waals surface area contributed by atoms with E-state index in [-0.39, 0.29) is 5.91 Å². The molecule has 1 aromatic carbocycles. The molecule has 0 aliphatic heterocycles. The predicted molar refractivity (Wildman–Crippen MR) is 80.7 cm³/mol. The number of amides is 1. The number of hydrogen-bond donors (Lipinski definition) is 1. The Hall–Kier alpha value is -1.61. The van der Waals surface area contributed by atoms with Crippen LogP contribution in [0.15, 0.2) is 36.4 Å². The van der Waals surface area contributed by atoms with E-state index < -0.39 is 0 Å². The summed E-state index contributed by atoms with van der Waals surface area (Å²) in [7, 11) is 0. The second-order valence-corrected chi connectivity index (χ2v) is 5.87. The first-order valence-corrected chi connectivity index (χ1v) is 7.43. The lowest BCUT2D eigenvalue weighted by Gasteiger charge is -2.03. The van der Waals surface area contributed by atoms with Gasteiger partial charge in [0.2, 0.25) is 0 Å². The molecule has 0 aliphatic carbocycles. The highest BCUT2D eigenvalue weighted by molar-refractivity contribution is 7.14. The molecule has 0 saturated carbocycles. The van der Waals surface area contributed by atoms with Crippen LogP contribution in [0.4, 0.5) is 0 Å². The predicted octanol–water partition coefficient (Wildman–Crippen LogP) is 3.94. The van der Waals surface area contributed by atoms with E-state index in [0.29, 0.717) is 6.54 Å². The third kappa shape index (κ3) is 3.67. The first-order valence-electron chi connectivity index (χ1n) is 6.62. The number of aryl methyl sites for hydroxylation is 2. The maximum absolute atomic E-state index is 12.1. The molecule has 1 heterocycles. The summed E-state index contributed by atoms with van der Waals surface area (Å²) in [6.45, 7) is 4.83. The van der Waals surface area contributed by atoms with Crippen LogP contribution in [0.2, 0.25) is 0 Å². The summed E-state index contributed by atoms with van der Waals surface area (Å²) < 4.78 is 0. The van der Waals surface area contributed by atoms with Crippen molar-refractivity contribution in [2.45, 2.75) is 33.2 Å². The quantitative estimate of drug-likeness (QED) is 0.878. The number of nitrogens with one attached hydrogen (secondary N) is 1. The first-order chi connectivity index (χ1) is 9.20. The molecule has 100 valence electrons. The van der Waals surface area contributed by atoms with Gasteiger partial charge in [0.1, 0.15) is 0 Å². The van der Waals surface area contributed by atoms with Gasteiger partial charge in [-0.15, -0.1) is 11.3 Å². The van der Waals surface area contributed by atoms with Crippen molar-refractivity contribution in [3.63, 3.8) is 0 Å². The van der Waals surface area contributed by atoms with Gasteiger partial charge in [0, 0.05) is 11.4 Å². The average Bonchev–Trinajstić information content (AvgIpc) is 2.79. The molecule has 2 nitrogen and oxygen atoms in total. The Kier molecular flexibility index (Phi) is 4.74. The third-order valence-electron chi connectivity index (χ3n) is 3.06. The van der Waals surface area contributed by atoms with E-state index in [1.807, 2.05) is 36.4 Å². The van der Waals surface area contributed by atoms with E-state index in [4.69, 9.17) is 0 Å². The number of carbonyl (C=O) groups is 1. The minimum absolute atomic E-state index is 0.0271. The molecule has 0 unspecified atom stereocenters. The van der Waals surface area contributed by atoms with Crippen molar-refractivity contribution in [2.75, 3.05) is 0 Å². The summed E-state index contributed by atoms with van der Waals surface area (Å²) in [4.78, 5) is 14.2. The Morgan fingerprint density at radius 3 is 2.68 bits per heavy atom. The Morgan fingerprint density at radius 1 is 1.26 bits per heavy atom. The van der Waals surface area contributed by atoms with Crippen LogP contribution in [0.3, 0.4) is 0 Å². The zero-order chi connectivity index (χ0) is 13.7. The molecule has 2 aromatic rings. The van der Waals surface area contributed by atoms with Crippen LogP contribution in [0.5, 0.6) is 0 Å². The molecule has 0 fully saturated rings. The fraction of sp³-hybridized carbons (Fsp3) is 0.312. The van der Waals surface area contributed by atoms with Crippen molar-refractivity contribution in [1.29, 1.82) is 0 Å². The van der Waals surface area contributed by atoms with Crippen molar-refractivity contribution in [1.82, 2.24) is 5.32 Å². The molecule has 1 aromatic heterocycles. The lowest BCUT2D eigenvalue weighted by molar-refractivity contribution is 0.0955. The largest absolute Gasteiger partial charge is 0.347 e. The molecule has 0 radical (unpaired) electrons. The van der Waals surface area contributed by atoms with Crippen LogP contribution in [-0.2, 0) is 13.0 Å². The van der Waals surface area contributed by atoms with Crippen LogP contribution in [0.25, 0.3) is 0 Å². The summed E-state index contributed by atoms with van der Waals surface area (Å²) in [5.74, 6) is 0.0271. The number of benzene rings is 1. The minimum Gasteiger partial charge on any atom is -0.347 e. The molecule has 1 amide bonds. The molecule has 0 bridgehead atoms. The normalized spacial score (nSPS) is 10.4. The molecule has 19 heavy (non-hydrogen) atoms. The van der Waals surface area contributed by atoms with E-state index in [1.165, 1.54) is 10.4 Å². The monoisotopic (exact) mass is 273 g/mol. The van der Waals surface area contributed by atoms with Gasteiger partial charge in [-0.25, -0.2) is 0 Å². The third-order valence-corrected chi connectivity index (χ3v) is 4.15. The van der Waals surface area contributed by atoms with Gasteiger partial charge < -0.3 is 5.32 Å². The zero-order valence-corrected chi connectivity index (χ0v) is 12.2. The summed E-state index contributed by atoms with van der Waals surface area (Å²) in [6, 6.07) is 12.0. The Bertz CT molecular complexity index is 545. The van der Waals surface area contributed by atoms with Gasteiger partial charge in [-0.3, -0.25) is 4.79 Å². The topological polar surface area (TPSA) is 29.1 Å². The van der Waals surface area contributed by atoms with Crippen molar-refractivity contribution in [3.8, 4) is 0 Å². The fourth-order valence-corrected chi connectivity index (χ4v) is 3.00. The Labute approximate surface area is 118 Å². The van der Waals surface area contributed by atoms with E-state index in [1.54, 1.807) is 11.3 Å². The second kappa shape index (κ2) is 6.53. The van der Waals surface area contributed by atoms with Gasteiger partial charge in [-0.2, -0.15) is 0 Å². The van der Waals surface area contributed by atoms with E-state index in [2.05, 4.69) is 19.2 Å². The van der Waals surface area contributed by atoms with Crippen molar-refractivity contribution >= 4 is 17.2 Å². The summed E-state index contributed by atoms with van der Waals surface area (Å²) in [6.07, 6.45) is 2.16. The molecule has 0 atom stereocenters. The zero-order valence-electron chi connectivity index (χ0n) is 11.4. The fourth-order valence-electron chi connectivity index (χ4n) is 2.01. The lowest BCUT2D eigenvalue weighted by atomic mass is 10.1. The van der Waals surface area contributed by atoms with Crippen LogP contribution in [0.1, 0.15) is 39.0 Å². The van der Waals surface area contributed by atoms with Gasteiger partial charge >= 0.3 is 0 Å². The highest BCUT2D eigenvalue weighted by Crippen LogP contribution is 2.22. The molecule has 2 rings (SSSR count). The second-order valence-electron chi connectivity index (χ2n) is 4.61. The van der Waals surface area contributed by atoms with Gasteiger partial charge in [0.25, 0.3) is 5.91 Å². The maximum Gasteiger partial charge on any atom is 0.261 e. The average molecular weight is 273 g/mol. The lowest BCUT2D eigenvalue weighted by Crippen LogP contribution is -2.21. The molecule has 0 spiro atoms. The summed E-state index contributed by atoms with van der Waals surface area (Å²) in [5.41, 5.74) is 2.43. The van der Waals surface area contributed by atoms with E-state index in [0.717, 1.165) is 23.3 Å². The van der Waals surface area contributed by atoms with Crippen LogP contribution in [-0.4, -0.2) is 5.91 Å². The van der Waals surface area contributed by atoms with Gasteiger partial charge in [0.05, 0.1) is 4.88 Å². The van der Waals surface area contributed by atoms with Crippen LogP contribution < -0.4 is 5.32 Å². The molecule has 3 heteroatoms. The Balaban J connectivity index is 1.98. The smallest absolute Gasteiger partial charge is 0.261 e. The highest BCUT2D eigenvalue weighted by atomic mass is 32.1. The molecule has 0 aliphatic rings. The molecular weight excluding hydrogens is 254 g/mol. The van der Waals surface area contributed by atoms with Gasteiger partial charge in [0.15, 0.2) is 0 Å². The number of thiophene rings is 1. The van der Waals surface area contributed by atoms with Gasteiger partial charge in [-0.1, -0.05) is 43.7 Å². The van der Waals surface area contributed by atoms with Crippen molar-refractivity contribution in [2.24, 2.45) is 0 Å². The Morgan fingerprint density at radius 2 is 2.00 bits per heavy atom. The van der Waals surface area contributed by atoms with Crippen molar-refractivity contribution < 1.29 is 4.79 Å². The van der Waals surface area contributed by atoms with Crippen LogP contribution >= 0.6 is 11.3 Å². The SMILES string of the molecule is CCCc1cc(C(=O)NCc2ccccc2)sc1C. The maximum atomic E-state index is 12.1. The molecule has 0 saturated heterocycles. The minimum atomic E-state index is 0.0271. The summed E-state index contributed by atoms with van der Waals surface area (Å²) >= 11 is 1.59. The van der Waals surface area contributed by atoms with Crippen LogP contribution in [0, 0.1) is 6.92 Å². The number of rotatable bonds is 5. The number of hydrogen-bond acceptors (Lipinski definition) is 2. The standard InChI is InChI=1S/C16H19NOS/c1-3-7-14-10-15(19-12(14)2)16(18)17-11-13-8-5-4-6-9-13/h4-6,8-10H,3,7,11H2,1-2H3,(H,17,18). The van der Waals surface area contributed by atoms with E-state index in [9.17, 15) is 4.79 Å². The number of carbonyl (C=O) groups excluding carboxylic acids is 1. The van der Waals surface area contributed by atoms with E-state index >= 15 is 0 Å².